The van der Waals surface area contributed by atoms with Gasteiger partial charge in [0.05, 0.1) is 36.8 Å². The minimum absolute atomic E-state index is 0.0168. The Labute approximate surface area is 208 Å². The second kappa shape index (κ2) is 9.73. The number of fused-ring (bicyclic) bond motifs is 3. The molecule has 8 heteroatoms. The Morgan fingerprint density at radius 2 is 1.75 bits per heavy atom. The van der Waals surface area contributed by atoms with Gasteiger partial charge in [-0.2, -0.15) is 0 Å². The topological polar surface area (TPSA) is 93.9 Å². The summed E-state index contributed by atoms with van der Waals surface area (Å²) in [6, 6.07) is 21.3. The number of aromatic hydroxyl groups is 1. The highest BCUT2D eigenvalue weighted by atomic mass is 16.5. The summed E-state index contributed by atoms with van der Waals surface area (Å²) >= 11 is 0. The van der Waals surface area contributed by atoms with E-state index in [1.165, 1.54) is 6.07 Å². The van der Waals surface area contributed by atoms with Gasteiger partial charge in [0.2, 0.25) is 11.9 Å². The van der Waals surface area contributed by atoms with E-state index in [0.717, 1.165) is 11.1 Å². The molecule has 3 aromatic carbocycles. The lowest BCUT2D eigenvalue weighted by Crippen LogP contribution is -2.49. The van der Waals surface area contributed by atoms with Crippen molar-refractivity contribution in [2.24, 2.45) is 5.92 Å². The number of phenols is 1. The summed E-state index contributed by atoms with van der Waals surface area (Å²) in [6.07, 6.45) is 0. The van der Waals surface area contributed by atoms with Crippen LogP contribution in [0, 0.1) is 5.92 Å². The van der Waals surface area contributed by atoms with Crippen molar-refractivity contribution in [1.82, 2.24) is 9.55 Å². The van der Waals surface area contributed by atoms with E-state index in [0.29, 0.717) is 23.6 Å². The molecule has 184 valence electrons. The van der Waals surface area contributed by atoms with Crippen LogP contribution in [0.3, 0.4) is 0 Å². The molecule has 0 spiro atoms. The Bertz CT molecular complexity index is 1420. The first kappa shape index (κ1) is 23.4. The molecular weight excluding hydrogens is 458 g/mol. The number of hydrogen-bond donors (Lipinski definition) is 1. The Morgan fingerprint density at radius 3 is 2.50 bits per heavy atom. The summed E-state index contributed by atoms with van der Waals surface area (Å²) < 4.78 is 12.9. The summed E-state index contributed by atoms with van der Waals surface area (Å²) in [4.78, 5) is 33.8. The van der Waals surface area contributed by atoms with E-state index in [-0.39, 0.29) is 24.7 Å². The highest BCUT2D eigenvalue weighted by molar-refractivity contribution is 6.08. The number of rotatable bonds is 7. The van der Waals surface area contributed by atoms with E-state index >= 15 is 0 Å². The molecule has 0 saturated carbocycles. The van der Waals surface area contributed by atoms with Crippen LogP contribution in [0.2, 0.25) is 0 Å². The first-order valence-electron chi connectivity index (χ1n) is 12.0. The zero-order valence-electron chi connectivity index (χ0n) is 20.1. The molecule has 5 rings (SSSR count). The van der Waals surface area contributed by atoms with Crippen LogP contribution < -0.4 is 9.64 Å². The number of anilines is 1. The van der Waals surface area contributed by atoms with Gasteiger partial charge in [-0.05, 0) is 49.2 Å². The molecule has 2 unspecified atom stereocenters. The van der Waals surface area contributed by atoms with E-state index in [1.54, 1.807) is 24.0 Å². The van der Waals surface area contributed by atoms with Gasteiger partial charge in [0, 0.05) is 0 Å². The fourth-order valence-corrected chi connectivity index (χ4v) is 4.75. The molecule has 1 amide bonds. The van der Waals surface area contributed by atoms with Gasteiger partial charge in [-0.1, -0.05) is 48.5 Å². The molecule has 0 fully saturated rings. The van der Waals surface area contributed by atoms with E-state index in [4.69, 9.17) is 14.5 Å². The number of carbonyl (C=O) groups excluding carboxylic acids is 2. The van der Waals surface area contributed by atoms with Crippen LogP contribution in [-0.2, 0) is 20.9 Å². The number of phenolic OH excluding ortho intramolecular Hbond substituents is 1. The number of esters is 1. The average Bonchev–Trinajstić information content (AvgIpc) is 3.27. The van der Waals surface area contributed by atoms with Gasteiger partial charge in [0.1, 0.15) is 0 Å². The third-order valence-corrected chi connectivity index (χ3v) is 6.29. The van der Waals surface area contributed by atoms with Gasteiger partial charge in [0.25, 0.3) is 0 Å². The van der Waals surface area contributed by atoms with Crippen LogP contribution in [0.15, 0.2) is 72.8 Å². The van der Waals surface area contributed by atoms with Gasteiger partial charge >= 0.3 is 5.97 Å². The number of ether oxygens (including phenoxy) is 2. The molecule has 0 aliphatic carbocycles. The number of carbonyl (C=O) groups is 2. The van der Waals surface area contributed by atoms with Crippen molar-refractivity contribution >= 4 is 28.9 Å². The number of imidazole rings is 1. The predicted octanol–water partition coefficient (Wildman–Crippen LogP) is 4.46. The zero-order valence-corrected chi connectivity index (χ0v) is 20.1. The predicted molar refractivity (Wildman–Crippen MR) is 135 cm³/mol. The van der Waals surface area contributed by atoms with Gasteiger partial charge < -0.3 is 19.1 Å². The van der Waals surface area contributed by atoms with Crippen LogP contribution in [0.5, 0.6) is 11.5 Å². The summed E-state index contributed by atoms with van der Waals surface area (Å²) in [6.45, 7) is 4.29. The third kappa shape index (κ3) is 4.04. The third-order valence-electron chi connectivity index (χ3n) is 6.29. The number of para-hydroxylation sites is 2. The van der Waals surface area contributed by atoms with Gasteiger partial charge in [-0.25, -0.2) is 4.98 Å². The lowest BCUT2D eigenvalue weighted by Gasteiger charge is -2.38. The van der Waals surface area contributed by atoms with Crippen molar-refractivity contribution in [2.45, 2.75) is 26.4 Å². The molecule has 8 nitrogen and oxygen atoms in total. The number of hydrogen-bond acceptors (Lipinski definition) is 6. The van der Waals surface area contributed by atoms with Crippen LogP contribution in [0.1, 0.15) is 31.0 Å². The smallest absolute Gasteiger partial charge is 0.321 e. The van der Waals surface area contributed by atoms with Crippen molar-refractivity contribution in [3.8, 4) is 11.5 Å². The Hall–Kier alpha value is -4.33. The maximum Gasteiger partial charge on any atom is 0.321 e. The molecule has 1 aliphatic rings. The highest BCUT2D eigenvalue weighted by Crippen LogP contribution is 2.43. The lowest BCUT2D eigenvalue weighted by atomic mass is 9.89. The van der Waals surface area contributed by atoms with Gasteiger partial charge in [0.15, 0.2) is 17.4 Å². The summed E-state index contributed by atoms with van der Waals surface area (Å²) in [7, 11) is 0. The van der Waals surface area contributed by atoms with Crippen molar-refractivity contribution in [1.29, 1.82) is 0 Å². The molecule has 0 radical (unpaired) electrons. The molecule has 36 heavy (non-hydrogen) atoms. The van der Waals surface area contributed by atoms with E-state index in [2.05, 4.69) is 0 Å². The Morgan fingerprint density at radius 1 is 1.00 bits per heavy atom. The standard InChI is InChI=1S/C28H27N3O5/c1-3-35-23-16-19(14-15-22(23)32)25-24(27(34)36-4-2)26(33)30(17-18-10-6-5-7-11-18)28-29-20-12-8-9-13-21(20)31(25)28/h5-16,24-25,32H,3-4,17H2,1-2H3. The minimum Gasteiger partial charge on any atom is -0.504 e. The highest BCUT2D eigenvalue weighted by Gasteiger charge is 2.48. The Kier molecular flexibility index (Phi) is 6.33. The maximum absolute atomic E-state index is 14.0. The average molecular weight is 486 g/mol. The van der Waals surface area contributed by atoms with Crippen molar-refractivity contribution in [3.63, 3.8) is 0 Å². The molecule has 1 aliphatic heterocycles. The van der Waals surface area contributed by atoms with Crippen LogP contribution >= 0.6 is 0 Å². The molecule has 2 atom stereocenters. The fourth-order valence-electron chi connectivity index (χ4n) is 4.75. The second-order valence-corrected chi connectivity index (χ2v) is 8.52. The number of benzene rings is 3. The molecule has 1 aromatic heterocycles. The van der Waals surface area contributed by atoms with Crippen molar-refractivity contribution in [3.05, 3.63) is 83.9 Å². The lowest BCUT2D eigenvalue weighted by molar-refractivity contribution is -0.153. The minimum atomic E-state index is -1.15. The molecule has 0 bridgehead atoms. The second-order valence-electron chi connectivity index (χ2n) is 8.52. The van der Waals surface area contributed by atoms with Gasteiger partial charge in [-0.3, -0.25) is 14.5 Å². The van der Waals surface area contributed by atoms with Gasteiger partial charge in [-0.15, -0.1) is 0 Å². The molecule has 1 N–H and O–H groups in total. The van der Waals surface area contributed by atoms with E-state index in [1.807, 2.05) is 66.1 Å². The zero-order chi connectivity index (χ0) is 25.2. The summed E-state index contributed by atoms with van der Waals surface area (Å²) in [5.74, 6) is -1.45. The van der Waals surface area contributed by atoms with Crippen LogP contribution in [0.4, 0.5) is 5.95 Å². The Balaban J connectivity index is 1.75. The maximum atomic E-state index is 14.0. The summed E-state index contributed by atoms with van der Waals surface area (Å²) in [5, 5.41) is 10.3. The van der Waals surface area contributed by atoms with Crippen molar-refractivity contribution < 1.29 is 24.2 Å². The largest absolute Gasteiger partial charge is 0.504 e. The molecule has 0 saturated heterocycles. The number of amides is 1. The molecular formula is C28H27N3O5. The molecule has 2 heterocycles. The number of aromatic nitrogens is 2. The van der Waals surface area contributed by atoms with E-state index < -0.39 is 23.8 Å². The van der Waals surface area contributed by atoms with Crippen LogP contribution in [-0.4, -0.2) is 39.7 Å². The first-order chi connectivity index (χ1) is 17.5. The SMILES string of the molecule is CCOC(=O)C1C(=O)N(Cc2ccccc2)c2nc3ccccc3n2C1c1ccc(O)c(OCC)c1. The van der Waals surface area contributed by atoms with E-state index in [9.17, 15) is 14.7 Å². The number of nitrogens with zero attached hydrogens (tertiary/aromatic N) is 3. The fraction of sp³-hybridized carbons (Fsp3) is 0.250. The quantitative estimate of drug-likeness (QED) is 0.307. The normalized spacial score (nSPS) is 17.2. The molecule has 4 aromatic rings. The summed E-state index contributed by atoms with van der Waals surface area (Å²) in [5.41, 5.74) is 3.03. The monoisotopic (exact) mass is 485 g/mol. The van der Waals surface area contributed by atoms with Crippen molar-refractivity contribution in [2.75, 3.05) is 18.1 Å². The first-order valence-corrected chi connectivity index (χ1v) is 12.0. The van der Waals surface area contributed by atoms with Crippen LogP contribution in [0.25, 0.3) is 11.0 Å².